The lowest BCUT2D eigenvalue weighted by Gasteiger charge is -2.09. The zero-order valence-electron chi connectivity index (χ0n) is 14.6. The molecule has 0 saturated heterocycles. The van der Waals surface area contributed by atoms with Gasteiger partial charge in [0.05, 0.1) is 35.8 Å². The van der Waals surface area contributed by atoms with Gasteiger partial charge in [0.25, 0.3) is 11.2 Å². The van der Waals surface area contributed by atoms with Crippen LogP contribution in [0.4, 0.5) is 5.69 Å². The van der Waals surface area contributed by atoms with Gasteiger partial charge >= 0.3 is 5.63 Å². The molecule has 0 aliphatic carbocycles. The van der Waals surface area contributed by atoms with Crippen molar-refractivity contribution in [2.45, 2.75) is 6.54 Å². The van der Waals surface area contributed by atoms with Crippen molar-refractivity contribution in [2.75, 3.05) is 7.11 Å². The molecule has 28 heavy (non-hydrogen) atoms. The normalized spacial score (nSPS) is 11.0. The Hall–Kier alpha value is -4.01. The molecule has 9 nitrogen and oxygen atoms in total. The number of hydrogen-bond acceptors (Lipinski definition) is 7. The molecule has 0 amide bonds. The zero-order valence-corrected chi connectivity index (χ0v) is 14.6. The first kappa shape index (κ1) is 17.4. The Morgan fingerprint density at radius 2 is 1.96 bits per heavy atom. The first-order chi connectivity index (χ1) is 13.5. The number of hydrogen-bond donors (Lipinski definition) is 0. The Kier molecular flexibility index (Phi) is 4.11. The van der Waals surface area contributed by atoms with Gasteiger partial charge in [-0.25, -0.2) is 9.78 Å². The molecule has 0 N–H and O–H groups in total. The minimum absolute atomic E-state index is 0.0545. The monoisotopic (exact) mass is 379 g/mol. The Morgan fingerprint density at radius 3 is 2.71 bits per heavy atom. The van der Waals surface area contributed by atoms with Crippen molar-refractivity contribution in [2.24, 2.45) is 0 Å². The van der Waals surface area contributed by atoms with E-state index in [-0.39, 0.29) is 17.6 Å². The van der Waals surface area contributed by atoms with Crippen molar-refractivity contribution in [3.63, 3.8) is 0 Å². The summed E-state index contributed by atoms with van der Waals surface area (Å²) >= 11 is 0. The number of nitro benzene ring substituents is 1. The molecule has 9 heteroatoms. The van der Waals surface area contributed by atoms with E-state index < -0.39 is 16.1 Å². The maximum Gasteiger partial charge on any atom is 0.336 e. The summed E-state index contributed by atoms with van der Waals surface area (Å²) in [6, 6.07) is 10.3. The molecule has 0 aliphatic heterocycles. The predicted octanol–water partition coefficient (Wildman–Crippen LogP) is 2.47. The second-order valence-electron chi connectivity index (χ2n) is 6.09. The van der Waals surface area contributed by atoms with Crippen LogP contribution in [0.1, 0.15) is 5.56 Å². The summed E-state index contributed by atoms with van der Waals surface area (Å²) in [5.74, 6) is 0.532. The van der Waals surface area contributed by atoms with Crippen LogP contribution in [0.3, 0.4) is 0 Å². The molecule has 2 aromatic heterocycles. The van der Waals surface area contributed by atoms with E-state index in [1.807, 2.05) is 0 Å². The van der Waals surface area contributed by atoms with Gasteiger partial charge in [0.2, 0.25) is 0 Å². The molecule has 0 aliphatic rings. The highest BCUT2D eigenvalue weighted by atomic mass is 16.6. The van der Waals surface area contributed by atoms with Gasteiger partial charge in [-0.2, -0.15) is 0 Å². The topological polar surface area (TPSA) is 117 Å². The molecule has 0 radical (unpaired) electrons. The maximum atomic E-state index is 12.8. The molecule has 2 heterocycles. The van der Waals surface area contributed by atoms with Crippen LogP contribution in [0.15, 0.2) is 62.8 Å². The molecular weight excluding hydrogens is 366 g/mol. The third-order valence-electron chi connectivity index (χ3n) is 4.40. The Balaban J connectivity index is 1.86. The predicted molar refractivity (Wildman–Crippen MR) is 101 cm³/mol. The first-order valence-electron chi connectivity index (χ1n) is 8.20. The number of rotatable bonds is 4. The van der Waals surface area contributed by atoms with Crippen LogP contribution in [0.2, 0.25) is 0 Å². The third-order valence-corrected chi connectivity index (χ3v) is 4.40. The van der Waals surface area contributed by atoms with Crippen LogP contribution in [-0.4, -0.2) is 21.6 Å². The van der Waals surface area contributed by atoms with Gasteiger partial charge in [-0.15, -0.1) is 0 Å². The summed E-state index contributed by atoms with van der Waals surface area (Å²) in [6.07, 6.45) is 1.35. The lowest BCUT2D eigenvalue weighted by molar-refractivity contribution is -0.384. The Labute approximate surface area is 156 Å². The van der Waals surface area contributed by atoms with Crippen molar-refractivity contribution in [1.82, 2.24) is 9.55 Å². The number of nitro groups is 1. The van der Waals surface area contributed by atoms with E-state index in [9.17, 15) is 19.7 Å². The Morgan fingerprint density at radius 1 is 1.14 bits per heavy atom. The van der Waals surface area contributed by atoms with Crippen molar-refractivity contribution in [1.29, 1.82) is 0 Å². The van der Waals surface area contributed by atoms with E-state index in [4.69, 9.17) is 9.15 Å². The number of benzene rings is 2. The fourth-order valence-corrected chi connectivity index (χ4v) is 3.02. The lowest BCUT2D eigenvalue weighted by Crippen LogP contribution is -2.22. The van der Waals surface area contributed by atoms with Crippen LogP contribution in [0.5, 0.6) is 5.75 Å². The number of nitrogens with zero attached hydrogens (tertiary/aromatic N) is 3. The van der Waals surface area contributed by atoms with Crippen molar-refractivity contribution in [3.8, 4) is 5.75 Å². The van der Waals surface area contributed by atoms with E-state index in [1.54, 1.807) is 18.2 Å². The van der Waals surface area contributed by atoms with Crippen molar-refractivity contribution < 1.29 is 14.1 Å². The van der Waals surface area contributed by atoms with Gasteiger partial charge < -0.3 is 9.15 Å². The molecule has 4 rings (SSSR count). The van der Waals surface area contributed by atoms with Gasteiger partial charge in [0, 0.05) is 29.7 Å². The highest BCUT2D eigenvalue weighted by molar-refractivity contribution is 5.82. The lowest BCUT2D eigenvalue weighted by atomic mass is 10.1. The average Bonchev–Trinajstić information content (AvgIpc) is 2.69. The van der Waals surface area contributed by atoms with Crippen LogP contribution >= 0.6 is 0 Å². The minimum atomic E-state index is -0.570. The first-order valence-corrected chi connectivity index (χ1v) is 8.20. The SMILES string of the molecule is COc1ccc2c(Cn3cnc4ccc([N+](=O)[O-])cc4c3=O)cc(=O)oc2c1. The highest BCUT2D eigenvalue weighted by Crippen LogP contribution is 2.23. The fourth-order valence-electron chi connectivity index (χ4n) is 3.02. The fraction of sp³-hybridized carbons (Fsp3) is 0.105. The Bertz CT molecular complexity index is 1360. The quantitative estimate of drug-likeness (QED) is 0.304. The van der Waals surface area contributed by atoms with Gasteiger partial charge in [-0.3, -0.25) is 19.5 Å². The van der Waals surface area contributed by atoms with Crippen LogP contribution in [0, 0.1) is 10.1 Å². The van der Waals surface area contributed by atoms with Crippen LogP contribution in [-0.2, 0) is 6.54 Å². The molecule has 0 fully saturated rings. The highest BCUT2D eigenvalue weighted by Gasteiger charge is 2.13. The minimum Gasteiger partial charge on any atom is -0.497 e. The summed E-state index contributed by atoms with van der Waals surface area (Å²) in [5.41, 5.74) is 0.0507. The number of methoxy groups -OCH3 is 1. The smallest absolute Gasteiger partial charge is 0.336 e. The van der Waals surface area contributed by atoms with Crippen molar-refractivity contribution in [3.05, 3.63) is 85.2 Å². The summed E-state index contributed by atoms with van der Waals surface area (Å²) < 4.78 is 11.6. The molecule has 0 unspecified atom stereocenters. The molecule has 2 aromatic carbocycles. The molecule has 0 saturated carbocycles. The van der Waals surface area contributed by atoms with Crippen LogP contribution < -0.4 is 15.9 Å². The van der Waals surface area contributed by atoms with E-state index >= 15 is 0 Å². The summed E-state index contributed by atoms with van der Waals surface area (Å²) in [6.45, 7) is 0.0545. The largest absolute Gasteiger partial charge is 0.497 e. The second-order valence-corrected chi connectivity index (χ2v) is 6.09. The van der Waals surface area contributed by atoms with E-state index in [2.05, 4.69) is 4.98 Å². The molecule has 0 spiro atoms. The molecular formula is C19H13N3O6. The second kappa shape index (κ2) is 6.62. The van der Waals surface area contributed by atoms with E-state index in [0.29, 0.717) is 27.8 Å². The summed E-state index contributed by atoms with van der Waals surface area (Å²) in [4.78, 5) is 39.3. The summed E-state index contributed by atoms with van der Waals surface area (Å²) in [7, 11) is 1.50. The zero-order chi connectivity index (χ0) is 19.8. The molecule has 0 atom stereocenters. The van der Waals surface area contributed by atoms with Gasteiger partial charge in [-0.05, 0) is 23.8 Å². The molecule has 4 aromatic rings. The molecule has 140 valence electrons. The standard InChI is InChI=1S/C19H13N3O6/c1-27-13-3-4-14-11(6-18(23)28-17(14)8-13)9-21-10-20-16-5-2-12(22(25)26)7-15(16)19(21)24/h2-8,10H,9H2,1H3. The van der Waals surface area contributed by atoms with Crippen LogP contribution in [0.25, 0.3) is 21.9 Å². The number of ether oxygens (including phenoxy) is 1. The van der Waals surface area contributed by atoms with Gasteiger partial charge in [0.1, 0.15) is 11.3 Å². The van der Waals surface area contributed by atoms with Gasteiger partial charge in [0.15, 0.2) is 0 Å². The van der Waals surface area contributed by atoms with Gasteiger partial charge in [-0.1, -0.05) is 0 Å². The third kappa shape index (κ3) is 2.98. The number of fused-ring (bicyclic) bond motifs is 2. The van der Waals surface area contributed by atoms with E-state index in [1.165, 1.54) is 42.3 Å². The number of non-ortho nitro benzene ring substituents is 1. The number of aromatic nitrogens is 2. The average molecular weight is 379 g/mol. The van der Waals surface area contributed by atoms with E-state index in [0.717, 1.165) is 0 Å². The van der Waals surface area contributed by atoms with Crippen molar-refractivity contribution >= 4 is 27.6 Å². The summed E-state index contributed by atoms with van der Waals surface area (Å²) in [5, 5.41) is 11.8. The maximum absolute atomic E-state index is 12.8. The molecule has 0 bridgehead atoms.